The average Bonchev–Trinajstić information content (AvgIpc) is 2.36. The number of benzene rings is 1. The van der Waals surface area contributed by atoms with E-state index in [1.807, 2.05) is 20.8 Å². The van der Waals surface area contributed by atoms with E-state index in [4.69, 9.17) is 16.7 Å². The lowest BCUT2D eigenvalue weighted by atomic mass is 9.88. The number of halogens is 3. The summed E-state index contributed by atoms with van der Waals surface area (Å²) in [6, 6.07) is 0. The smallest absolute Gasteiger partial charge is 0.307 e. The topological polar surface area (TPSA) is 37.3 Å². The van der Waals surface area contributed by atoms with Gasteiger partial charge in [-0.05, 0) is 61.1 Å². The molecule has 0 aliphatic carbocycles. The van der Waals surface area contributed by atoms with Gasteiger partial charge in [-0.3, -0.25) is 4.79 Å². The number of alkyl halides is 1. The van der Waals surface area contributed by atoms with Gasteiger partial charge in [0.05, 0.1) is 6.42 Å². The van der Waals surface area contributed by atoms with Crippen LogP contribution in [-0.4, -0.2) is 11.1 Å². The monoisotopic (exact) mass is 494 g/mol. The van der Waals surface area contributed by atoms with E-state index < -0.39 is 5.97 Å². The van der Waals surface area contributed by atoms with Gasteiger partial charge in [-0.2, -0.15) is 0 Å². The number of carboxylic acid groups (broad SMARTS) is 1. The Balaban J connectivity index is 0.00000137. The van der Waals surface area contributed by atoms with Gasteiger partial charge in [0, 0.05) is 43.1 Å². The normalized spacial score (nSPS) is 9.72. The van der Waals surface area contributed by atoms with E-state index in [2.05, 4.69) is 44.2 Å². The van der Waals surface area contributed by atoms with Crippen molar-refractivity contribution in [1.29, 1.82) is 0 Å². The summed E-state index contributed by atoms with van der Waals surface area (Å²) >= 11 is 10.2. The van der Waals surface area contributed by atoms with Crippen molar-refractivity contribution in [3.63, 3.8) is 0 Å². The lowest BCUT2D eigenvalue weighted by Crippen LogP contribution is -2.09. The van der Waals surface area contributed by atoms with Crippen molar-refractivity contribution >= 4 is 54.8 Å². The molecule has 0 aliphatic rings. The van der Waals surface area contributed by atoms with Gasteiger partial charge in [0.15, 0.2) is 0 Å². The van der Waals surface area contributed by atoms with Gasteiger partial charge in [0.1, 0.15) is 0 Å². The van der Waals surface area contributed by atoms with E-state index in [0.29, 0.717) is 5.88 Å². The molecular weight excluding hydrogens is 477 g/mol. The first-order valence-electron chi connectivity index (χ1n) is 5.40. The minimum atomic E-state index is -0.808. The Morgan fingerprint density at radius 3 is 1.72 bits per heavy atom. The predicted molar refractivity (Wildman–Crippen MR) is 94.3 cm³/mol. The molecule has 5 heteroatoms. The number of aliphatic carboxylic acids is 1. The van der Waals surface area contributed by atoms with Crippen molar-refractivity contribution in [2.45, 2.75) is 40.0 Å². The van der Waals surface area contributed by atoms with E-state index in [1.54, 1.807) is 0 Å². The van der Waals surface area contributed by atoms with Crippen molar-refractivity contribution in [3.8, 4) is 0 Å². The van der Waals surface area contributed by atoms with Gasteiger partial charge in [0.25, 0.3) is 0 Å². The quantitative estimate of drug-likeness (QED) is 0.471. The molecule has 0 amide bonds. The zero-order chi connectivity index (χ0) is 14.5. The van der Waals surface area contributed by atoms with Crippen molar-refractivity contribution in [3.05, 3.63) is 33.4 Å². The molecule has 0 atom stereocenters. The zero-order valence-corrected chi connectivity index (χ0v) is 16.0. The SMILES string of the molecule is Cc1c(C)c(C)c(CC(=O)O)c(CCl)c1C.II. The second-order valence-corrected chi connectivity index (χ2v) is 4.43. The van der Waals surface area contributed by atoms with Crippen molar-refractivity contribution < 1.29 is 9.90 Å². The highest BCUT2D eigenvalue weighted by Crippen LogP contribution is 2.28. The Hall–Kier alpha value is 0.440. The fourth-order valence-corrected chi connectivity index (χ4v) is 2.40. The van der Waals surface area contributed by atoms with Crippen LogP contribution < -0.4 is 0 Å². The molecular formula is C13H17ClI2O2. The van der Waals surface area contributed by atoms with Crippen molar-refractivity contribution in [1.82, 2.24) is 0 Å². The van der Waals surface area contributed by atoms with Crippen LogP contribution in [0.1, 0.15) is 33.4 Å². The molecule has 0 heterocycles. The van der Waals surface area contributed by atoms with Gasteiger partial charge in [-0.1, -0.05) is 0 Å². The third-order valence-corrected chi connectivity index (χ3v) is 3.69. The van der Waals surface area contributed by atoms with Gasteiger partial charge in [-0.25, -0.2) is 0 Å². The van der Waals surface area contributed by atoms with E-state index in [0.717, 1.165) is 22.3 Å². The fraction of sp³-hybridized carbons (Fsp3) is 0.462. The van der Waals surface area contributed by atoms with Crippen LogP contribution in [0.5, 0.6) is 0 Å². The van der Waals surface area contributed by atoms with E-state index >= 15 is 0 Å². The molecule has 0 unspecified atom stereocenters. The molecule has 0 fully saturated rings. The first-order valence-corrected chi connectivity index (χ1v) is 12.2. The van der Waals surface area contributed by atoms with Crippen LogP contribution in [0.25, 0.3) is 0 Å². The molecule has 0 radical (unpaired) electrons. The van der Waals surface area contributed by atoms with Crippen LogP contribution >= 0.6 is 48.8 Å². The molecule has 1 aromatic rings. The molecule has 2 nitrogen and oxygen atoms in total. The van der Waals surface area contributed by atoms with Crippen LogP contribution in [0.3, 0.4) is 0 Å². The Kier molecular flexibility index (Phi) is 8.79. The standard InChI is InChI=1S/C13H17ClO2.I2/c1-7-8(2)10(4)12(6-14)11(9(7)3)5-13(15)16;1-2/h5-6H2,1-4H3,(H,15,16);. The second kappa shape index (κ2) is 8.58. The third-order valence-electron chi connectivity index (χ3n) is 3.42. The van der Waals surface area contributed by atoms with E-state index in [9.17, 15) is 4.79 Å². The minimum absolute atomic E-state index is 0.0514. The Morgan fingerprint density at radius 2 is 1.39 bits per heavy atom. The highest BCUT2D eigenvalue weighted by atomic mass is 128. The molecule has 1 aromatic carbocycles. The molecule has 0 saturated carbocycles. The third kappa shape index (κ3) is 4.23. The van der Waals surface area contributed by atoms with Gasteiger partial charge in [0.2, 0.25) is 0 Å². The summed E-state index contributed by atoms with van der Waals surface area (Å²) in [5.41, 5.74) is 6.41. The summed E-state index contributed by atoms with van der Waals surface area (Å²) in [5.74, 6) is -0.437. The summed E-state index contributed by atoms with van der Waals surface area (Å²) < 4.78 is 0. The Labute approximate surface area is 137 Å². The molecule has 1 N–H and O–H groups in total. The summed E-state index contributed by atoms with van der Waals surface area (Å²) in [7, 11) is 0. The molecule has 18 heavy (non-hydrogen) atoms. The van der Waals surface area contributed by atoms with Gasteiger partial charge in [-0.15, -0.1) is 11.6 Å². The van der Waals surface area contributed by atoms with Crippen LogP contribution in [0.2, 0.25) is 0 Å². The van der Waals surface area contributed by atoms with Crippen LogP contribution in [0.4, 0.5) is 0 Å². The summed E-state index contributed by atoms with van der Waals surface area (Å²) in [5, 5.41) is 8.92. The second-order valence-electron chi connectivity index (χ2n) is 4.16. The van der Waals surface area contributed by atoms with Crippen LogP contribution in [0, 0.1) is 27.7 Å². The first-order chi connectivity index (χ1) is 8.40. The number of rotatable bonds is 3. The van der Waals surface area contributed by atoms with Gasteiger partial charge < -0.3 is 5.11 Å². The Morgan fingerprint density at radius 1 is 1.00 bits per heavy atom. The highest BCUT2D eigenvalue weighted by molar-refractivity contribution is 15.0. The largest absolute Gasteiger partial charge is 0.481 e. The lowest BCUT2D eigenvalue weighted by Gasteiger charge is -2.18. The summed E-state index contributed by atoms with van der Waals surface area (Å²) in [6.07, 6.45) is 0.0514. The average molecular weight is 495 g/mol. The maximum absolute atomic E-state index is 10.9. The highest BCUT2D eigenvalue weighted by Gasteiger charge is 2.16. The molecule has 1 rings (SSSR count). The number of carbonyl (C=O) groups is 1. The van der Waals surface area contributed by atoms with Crippen LogP contribution in [0.15, 0.2) is 0 Å². The minimum Gasteiger partial charge on any atom is -0.481 e. The van der Waals surface area contributed by atoms with E-state index in [1.165, 1.54) is 11.1 Å². The number of hydrogen-bond donors (Lipinski definition) is 1. The fourth-order valence-electron chi connectivity index (χ4n) is 2.04. The number of carboxylic acids is 1. The Bertz CT molecular complexity index is 445. The number of hydrogen-bond acceptors (Lipinski definition) is 1. The summed E-state index contributed by atoms with van der Waals surface area (Å²) in [6.45, 7) is 8.06. The zero-order valence-electron chi connectivity index (χ0n) is 10.9. The lowest BCUT2D eigenvalue weighted by molar-refractivity contribution is -0.136. The van der Waals surface area contributed by atoms with Crippen LogP contribution in [-0.2, 0) is 17.1 Å². The maximum Gasteiger partial charge on any atom is 0.307 e. The maximum atomic E-state index is 10.9. The van der Waals surface area contributed by atoms with E-state index in [-0.39, 0.29) is 6.42 Å². The first kappa shape index (κ1) is 18.4. The molecule has 0 bridgehead atoms. The van der Waals surface area contributed by atoms with Crippen molar-refractivity contribution in [2.24, 2.45) is 0 Å². The van der Waals surface area contributed by atoms with Crippen molar-refractivity contribution in [2.75, 3.05) is 0 Å². The molecule has 102 valence electrons. The molecule has 0 aliphatic heterocycles. The summed E-state index contributed by atoms with van der Waals surface area (Å²) in [4.78, 5) is 10.9. The molecule has 0 saturated heterocycles. The predicted octanol–water partition coefficient (Wildman–Crippen LogP) is 5.06. The molecule has 0 aromatic heterocycles. The van der Waals surface area contributed by atoms with Gasteiger partial charge >= 0.3 is 5.97 Å². The molecule has 0 spiro atoms.